The van der Waals surface area contributed by atoms with Gasteiger partial charge in [0.1, 0.15) is 0 Å². The molecule has 64 heavy (non-hydrogen) atoms. The Morgan fingerprint density at radius 1 is 0.578 bits per heavy atom. The van der Waals surface area contributed by atoms with Crippen molar-refractivity contribution in [3.8, 4) is 56.4 Å². The zero-order valence-corrected chi connectivity index (χ0v) is 36.6. The third-order valence-electron chi connectivity index (χ3n) is 13.5. The van der Waals surface area contributed by atoms with Crippen LogP contribution in [0.1, 0.15) is 53.6 Å². The van der Waals surface area contributed by atoms with Crippen LogP contribution >= 0.6 is 11.3 Å². The number of rotatable bonds is 7. The third-order valence-corrected chi connectivity index (χ3v) is 14.4. The molecule has 4 heteroatoms. The fourth-order valence-corrected chi connectivity index (χ4v) is 11.2. The molecule has 0 N–H and O–H groups in total. The molecule has 0 aliphatic heterocycles. The Bertz CT molecular complexity index is 3590. The lowest BCUT2D eigenvalue weighted by molar-refractivity contribution is 0.660. The van der Waals surface area contributed by atoms with E-state index in [0.717, 1.165) is 40.7 Å². The second-order valence-corrected chi connectivity index (χ2v) is 18.4. The maximum atomic E-state index is 5.17. The molecule has 3 nitrogen and oxygen atoms in total. The summed E-state index contributed by atoms with van der Waals surface area (Å²) in [6, 6.07) is 56.7. The van der Waals surface area contributed by atoms with Gasteiger partial charge in [0, 0.05) is 32.2 Å². The van der Waals surface area contributed by atoms with E-state index in [1.165, 1.54) is 81.7 Å². The van der Waals surface area contributed by atoms with Gasteiger partial charge in [0.2, 0.25) is 0 Å². The smallest absolute Gasteiger partial charge is 0.164 e. The highest BCUT2D eigenvalue weighted by Crippen LogP contribution is 2.49. The highest BCUT2D eigenvalue weighted by Gasteiger charge is 2.35. The Hall–Kier alpha value is -7.53. The van der Waals surface area contributed by atoms with E-state index in [1.807, 2.05) is 24.3 Å². The van der Waals surface area contributed by atoms with Crippen LogP contribution in [0.25, 0.3) is 106 Å². The molecule has 2 heterocycles. The lowest BCUT2D eigenvalue weighted by Crippen LogP contribution is -2.15. The van der Waals surface area contributed by atoms with Crippen LogP contribution in [0, 0.1) is 0 Å². The zero-order valence-electron chi connectivity index (χ0n) is 35.8. The number of benzene rings is 8. The van der Waals surface area contributed by atoms with Crippen molar-refractivity contribution in [1.29, 1.82) is 0 Å². The summed E-state index contributed by atoms with van der Waals surface area (Å²) in [5.74, 6) is 1.96. The van der Waals surface area contributed by atoms with Crippen molar-refractivity contribution in [2.45, 2.75) is 32.1 Å². The van der Waals surface area contributed by atoms with Gasteiger partial charge >= 0.3 is 0 Å². The Balaban J connectivity index is 0.923. The van der Waals surface area contributed by atoms with Crippen LogP contribution in [-0.4, -0.2) is 15.0 Å². The summed E-state index contributed by atoms with van der Waals surface area (Å²) in [5, 5.41) is 8.81. The number of nitrogens with zero attached hydrogens (tertiary/aromatic N) is 3. The van der Waals surface area contributed by atoms with Gasteiger partial charge in [-0.1, -0.05) is 178 Å². The maximum absolute atomic E-state index is 5.17. The second kappa shape index (κ2) is 15.1. The molecule has 0 bridgehead atoms. The lowest BCUT2D eigenvalue weighted by Gasteiger charge is -2.21. The van der Waals surface area contributed by atoms with Crippen LogP contribution in [0.15, 0.2) is 182 Å². The first-order valence-corrected chi connectivity index (χ1v) is 23.0. The molecule has 0 unspecified atom stereocenters. The molecule has 0 atom stereocenters. The third kappa shape index (κ3) is 6.20. The first-order valence-electron chi connectivity index (χ1n) is 22.1. The second-order valence-electron chi connectivity index (χ2n) is 17.5. The van der Waals surface area contributed by atoms with Crippen molar-refractivity contribution >= 4 is 60.7 Å². The van der Waals surface area contributed by atoms with Gasteiger partial charge in [-0.3, -0.25) is 0 Å². The number of hydrogen-bond donors (Lipinski definition) is 0. The molecule has 0 radical (unpaired) electrons. The quantitative estimate of drug-likeness (QED) is 0.119. The minimum atomic E-state index is -0.131. The molecule has 0 saturated heterocycles. The van der Waals surface area contributed by atoms with Crippen molar-refractivity contribution in [3.63, 3.8) is 0 Å². The zero-order chi connectivity index (χ0) is 42.9. The molecule has 0 saturated carbocycles. The van der Waals surface area contributed by atoms with E-state index in [2.05, 4.69) is 184 Å². The summed E-state index contributed by atoms with van der Waals surface area (Å²) in [7, 11) is 0. The van der Waals surface area contributed by atoms with Gasteiger partial charge < -0.3 is 0 Å². The van der Waals surface area contributed by atoms with E-state index in [9.17, 15) is 0 Å². The standard InChI is InChI=1S/C60H43N3S/c1-4-37(41-29-31-49-47-19-9-8-17-45(47)46-18-10-11-20-48(46)52(49)34-41)33-43-36-64-55-24-14-22-44(56(43)55)38-25-27-40(28-26-38)58-61-57(39-15-6-5-7-16-39)62-59(63-58)42-30-32-51-50-21-12-13-23-53(50)60(2,3)54(51)35-42/h4-10,12-19,21-36H,1,11,20H2,2-3H3/b37-33+. The average molecular weight is 838 g/mol. The van der Waals surface area contributed by atoms with Gasteiger partial charge in [0.25, 0.3) is 0 Å². The molecule has 2 aliphatic rings. The molecule has 8 aromatic carbocycles. The average Bonchev–Trinajstić information content (AvgIpc) is 3.88. The predicted octanol–water partition coefficient (Wildman–Crippen LogP) is 16.1. The summed E-state index contributed by atoms with van der Waals surface area (Å²) in [6.07, 6.45) is 11.1. The number of thiophene rings is 1. The molecule has 0 spiro atoms. The van der Waals surface area contributed by atoms with E-state index in [4.69, 9.17) is 15.0 Å². The van der Waals surface area contributed by atoms with Crippen LogP contribution in [0.3, 0.4) is 0 Å². The summed E-state index contributed by atoms with van der Waals surface area (Å²) in [5.41, 5.74) is 16.5. The van der Waals surface area contributed by atoms with Gasteiger partial charge in [-0.2, -0.15) is 0 Å². The van der Waals surface area contributed by atoms with E-state index >= 15 is 0 Å². The van der Waals surface area contributed by atoms with Gasteiger partial charge in [0.05, 0.1) is 0 Å². The number of hydrogen-bond acceptors (Lipinski definition) is 4. The SMILES string of the molecule is C=C/C(=C\c1csc2cccc(-c3ccc(-c4nc(-c5ccccc5)nc(-c5ccc6c(c5)C(C)(C)c5ccccc5-6)n4)cc3)c12)c1ccc2c(c1)c1c(c3ccccc32)C=CCC1. The monoisotopic (exact) mass is 837 g/mol. The Morgan fingerprint density at radius 2 is 1.23 bits per heavy atom. The van der Waals surface area contributed by atoms with Crippen LogP contribution in [0.5, 0.6) is 0 Å². The van der Waals surface area contributed by atoms with Gasteiger partial charge in [0.15, 0.2) is 17.5 Å². The summed E-state index contributed by atoms with van der Waals surface area (Å²) in [6.45, 7) is 8.94. The summed E-state index contributed by atoms with van der Waals surface area (Å²) in [4.78, 5) is 15.3. The molecule has 0 amide bonds. The molecule has 10 aromatic rings. The molecule has 304 valence electrons. The first-order chi connectivity index (χ1) is 31.4. The molecule has 2 aromatic heterocycles. The van der Waals surface area contributed by atoms with Crippen molar-refractivity contribution in [3.05, 3.63) is 215 Å². The van der Waals surface area contributed by atoms with Gasteiger partial charge in [-0.25, -0.2) is 15.0 Å². The largest absolute Gasteiger partial charge is 0.208 e. The van der Waals surface area contributed by atoms with Gasteiger partial charge in [-0.15, -0.1) is 11.3 Å². The summed E-state index contributed by atoms with van der Waals surface area (Å²) >= 11 is 1.78. The summed E-state index contributed by atoms with van der Waals surface area (Å²) < 4.78 is 1.25. The molecule has 2 aliphatic carbocycles. The van der Waals surface area contributed by atoms with Crippen molar-refractivity contribution in [2.24, 2.45) is 0 Å². The van der Waals surface area contributed by atoms with Crippen molar-refractivity contribution in [2.75, 3.05) is 0 Å². The number of aryl methyl sites for hydroxylation is 1. The van der Waals surface area contributed by atoms with Crippen molar-refractivity contribution < 1.29 is 0 Å². The van der Waals surface area contributed by atoms with Crippen LogP contribution < -0.4 is 0 Å². The van der Waals surface area contributed by atoms with E-state index in [-0.39, 0.29) is 5.41 Å². The number of aromatic nitrogens is 3. The van der Waals surface area contributed by atoms with E-state index in [0.29, 0.717) is 17.5 Å². The van der Waals surface area contributed by atoms with E-state index in [1.54, 1.807) is 11.3 Å². The highest BCUT2D eigenvalue weighted by atomic mass is 32.1. The molecular weight excluding hydrogens is 795 g/mol. The Morgan fingerprint density at radius 3 is 2.05 bits per heavy atom. The fourth-order valence-electron chi connectivity index (χ4n) is 10.2. The van der Waals surface area contributed by atoms with Crippen LogP contribution in [-0.2, 0) is 11.8 Å². The molecule has 12 rings (SSSR count). The molecule has 0 fully saturated rings. The van der Waals surface area contributed by atoms with Crippen molar-refractivity contribution in [1.82, 2.24) is 15.0 Å². The predicted molar refractivity (Wildman–Crippen MR) is 271 cm³/mol. The maximum Gasteiger partial charge on any atom is 0.164 e. The Labute approximate surface area is 377 Å². The minimum absolute atomic E-state index is 0.131. The topological polar surface area (TPSA) is 38.7 Å². The number of allylic oxidation sites excluding steroid dienone is 3. The molecular formula is C60H43N3S. The van der Waals surface area contributed by atoms with Crippen LogP contribution in [0.4, 0.5) is 0 Å². The van der Waals surface area contributed by atoms with Crippen LogP contribution in [0.2, 0.25) is 0 Å². The highest BCUT2D eigenvalue weighted by molar-refractivity contribution is 7.17. The fraction of sp³-hybridized carbons (Fsp3) is 0.0833. The lowest BCUT2D eigenvalue weighted by atomic mass is 9.82. The normalized spacial score (nSPS) is 13.9. The number of fused-ring (bicyclic) bond motifs is 10. The van der Waals surface area contributed by atoms with Gasteiger partial charge in [-0.05, 0) is 125 Å². The first kappa shape index (κ1) is 38.2. The Kier molecular flexibility index (Phi) is 8.99. The van der Waals surface area contributed by atoms with E-state index < -0.39 is 0 Å². The minimum Gasteiger partial charge on any atom is -0.208 e.